The fourth-order valence-corrected chi connectivity index (χ4v) is 5.70. The molecular formula is C34H31N5O2S. The number of benzene rings is 4. The highest BCUT2D eigenvalue weighted by Crippen LogP contribution is 2.37. The molecule has 8 heteroatoms. The monoisotopic (exact) mass is 573 g/mol. The number of para-hydroxylation sites is 1. The zero-order chi connectivity index (χ0) is 28.7. The number of allylic oxidation sites excluding steroid dienone is 1. The number of carbonyl (C=O) groups excluding carboxylic acids is 1. The summed E-state index contributed by atoms with van der Waals surface area (Å²) < 4.78 is 7.84. The molecule has 0 fully saturated rings. The summed E-state index contributed by atoms with van der Waals surface area (Å²) in [6.45, 7) is 2.48. The number of carbonyl (C=O) groups is 1. The second-order valence-corrected chi connectivity index (χ2v) is 10.9. The number of hydrogen-bond donors (Lipinski definition) is 2. The van der Waals surface area contributed by atoms with E-state index in [0.29, 0.717) is 23.3 Å². The third kappa shape index (κ3) is 6.39. The lowest BCUT2D eigenvalue weighted by Gasteiger charge is -2.28. The summed E-state index contributed by atoms with van der Waals surface area (Å²) in [5.74, 6) is 1.93. The van der Waals surface area contributed by atoms with Crippen LogP contribution in [0.15, 0.2) is 132 Å². The van der Waals surface area contributed by atoms with Crippen LogP contribution in [0.25, 0.3) is 0 Å². The first-order chi connectivity index (χ1) is 20.6. The molecule has 1 amide bonds. The van der Waals surface area contributed by atoms with E-state index in [0.717, 1.165) is 34.9 Å². The number of thioether (sulfide) groups is 1. The van der Waals surface area contributed by atoms with Gasteiger partial charge in [-0.3, -0.25) is 4.79 Å². The van der Waals surface area contributed by atoms with Crippen LogP contribution < -0.4 is 15.4 Å². The van der Waals surface area contributed by atoms with Crippen molar-refractivity contribution in [3.63, 3.8) is 0 Å². The van der Waals surface area contributed by atoms with Crippen molar-refractivity contribution in [2.24, 2.45) is 0 Å². The predicted molar refractivity (Wildman–Crippen MR) is 168 cm³/mol. The lowest BCUT2D eigenvalue weighted by molar-refractivity contribution is -0.113. The van der Waals surface area contributed by atoms with Gasteiger partial charge in [0.1, 0.15) is 11.8 Å². The molecule has 1 aromatic heterocycles. The van der Waals surface area contributed by atoms with Gasteiger partial charge in [0.15, 0.2) is 0 Å². The smallest absolute Gasteiger partial charge is 0.255 e. The normalized spacial score (nSPS) is 14.2. The van der Waals surface area contributed by atoms with E-state index >= 15 is 0 Å². The van der Waals surface area contributed by atoms with E-state index in [-0.39, 0.29) is 5.91 Å². The van der Waals surface area contributed by atoms with Gasteiger partial charge in [-0.15, -0.1) is 5.10 Å². The highest BCUT2D eigenvalue weighted by atomic mass is 32.2. The SMILES string of the molecule is CC1=C(C(=O)Nc2ccccc2)C(c2ccc(OCCc3ccccc3)cc2)n2nc(SCc3ccccc3)nc2N1. The minimum atomic E-state index is -0.470. The first-order valence-electron chi connectivity index (χ1n) is 13.9. The van der Waals surface area contributed by atoms with E-state index in [2.05, 4.69) is 34.9 Å². The number of ether oxygens (including phenoxy) is 1. The van der Waals surface area contributed by atoms with Crippen LogP contribution in [0.5, 0.6) is 5.75 Å². The van der Waals surface area contributed by atoms with Crippen molar-refractivity contribution < 1.29 is 9.53 Å². The summed E-state index contributed by atoms with van der Waals surface area (Å²) in [6.07, 6.45) is 0.828. The molecule has 1 unspecified atom stereocenters. The van der Waals surface area contributed by atoms with Crippen LogP contribution >= 0.6 is 11.8 Å². The van der Waals surface area contributed by atoms with Gasteiger partial charge in [0.2, 0.25) is 11.1 Å². The van der Waals surface area contributed by atoms with Gasteiger partial charge in [0.25, 0.3) is 5.91 Å². The molecule has 42 heavy (non-hydrogen) atoms. The average molecular weight is 574 g/mol. The average Bonchev–Trinajstić information content (AvgIpc) is 3.43. The number of hydrogen-bond acceptors (Lipinski definition) is 6. The van der Waals surface area contributed by atoms with Crippen molar-refractivity contribution in [3.8, 4) is 5.75 Å². The van der Waals surface area contributed by atoms with Crippen LogP contribution in [0, 0.1) is 0 Å². The maximum absolute atomic E-state index is 13.7. The Morgan fingerprint density at radius 2 is 1.52 bits per heavy atom. The minimum Gasteiger partial charge on any atom is -0.493 e. The Kier molecular flexibility index (Phi) is 8.33. The standard InChI is InChI=1S/C34H31N5O2S/c1-24-30(32(40)36-28-15-9-4-10-16-28)31(27-17-19-29(20-18-27)41-22-21-25-11-5-2-6-12-25)39-33(35-24)37-34(38-39)42-23-26-13-7-3-8-14-26/h2-20,31H,21-23H2,1H3,(H,36,40)(H,35,37,38). The van der Waals surface area contributed by atoms with Gasteiger partial charge < -0.3 is 15.4 Å². The first kappa shape index (κ1) is 27.4. The van der Waals surface area contributed by atoms with Gasteiger partial charge in [0, 0.05) is 23.6 Å². The second-order valence-electron chi connectivity index (χ2n) is 9.98. The molecule has 0 saturated carbocycles. The molecule has 6 rings (SSSR count). The molecule has 4 aromatic carbocycles. The zero-order valence-corrected chi connectivity index (χ0v) is 24.1. The Bertz CT molecular complexity index is 1670. The van der Waals surface area contributed by atoms with Crippen LogP contribution in [0.4, 0.5) is 11.6 Å². The molecular weight excluding hydrogens is 542 g/mol. The molecule has 7 nitrogen and oxygen atoms in total. The largest absolute Gasteiger partial charge is 0.493 e. The summed E-state index contributed by atoms with van der Waals surface area (Å²) in [5, 5.41) is 11.9. The Balaban J connectivity index is 1.26. The van der Waals surface area contributed by atoms with E-state index in [1.165, 1.54) is 11.1 Å². The van der Waals surface area contributed by atoms with Crippen LogP contribution in [0.2, 0.25) is 0 Å². The quantitative estimate of drug-likeness (QED) is 0.173. The summed E-state index contributed by atoms with van der Waals surface area (Å²) in [5.41, 5.74) is 5.38. The highest BCUT2D eigenvalue weighted by molar-refractivity contribution is 7.98. The number of nitrogens with zero attached hydrogens (tertiary/aromatic N) is 3. The molecule has 1 atom stereocenters. The van der Waals surface area contributed by atoms with Crippen molar-refractivity contribution in [1.29, 1.82) is 0 Å². The van der Waals surface area contributed by atoms with Crippen LogP contribution in [0.3, 0.4) is 0 Å². The number of anilines is 2. The van der Waals surface area contributed by atoms with Gasteiger partial charge in [-0.2, -0.15) is 4.98 Å². The Morgan fingerprint density at radius 1 is 0.881 bits per heavy atom. The first-order valence-corrected chi connectivity index (χ1v) is 14.9. The summed E-state index contributed by atoms with van der Waals surface area (Å²) >= 11 is 1.57. The maximum Gasteiger partial charge on any atom is 0.255 e. The van der Waals surface area contributed by atoms with E-state index in [1.807, 2.05) is 103 Å². The topological polar surface area (TPSA) is 81.1 Å². The third-order valence-electron chi connectivity index (χ3n) is 7.02. The highest BCUT2D eigenvalue weighted by Gasteiger charge is 2.34. The van der Waals surface area contributed by atoms with E-state index in [1.54, 1.807) is 11.8 Å². The molecule has 1 aliphatic rings. The van der Waals surface area contributed by atoms with Crippen molar-refractivity contribution >= 4 is 29.3 Å². The van der Waals surface area contributed by atoms with Crippen molar-refractivity contribution in [1.82, 2.24) is 14.8 Å². The molecule has 2 N–H and O–H groups in total. The lowest BCUT2D eigenvalue weighted by Crippen LogP contribution is -2.31. The third-order valence-corrected chi connectivity index (χ3v) is 7.93. The molecule has 5 aromatic rings. The Labute approximate surface area is 249 Å². The predicted octanol–water partition coefficient (Wildman–Crippen LogP) is 7.12. The van der Waals surface area contributed by atoms with Gasteiger partial charge in [-0.1, -0.05) is 103 Å². The van der Waals surface area contributed by atoms with Crippen LogP contribution in [-0.2, 0) is 17.0 Å². The molecule has 210 valence electrons. The fourth-order valence-electron chi connectivity index (χ4n) is 4.91. The molecule has 2 heterocycles. The van der Waals surface area contributed by atoms with Crippen molar-refractivity contribution in [3.05, 3.63) is 143 Å². The molecule has 0 radical (unpaired) electrons. The molecule has 0 saturated heterocycles. The second kappa shape index (κ2) is 12.8. The Hall–Kier alpha value is -4.82. The minimum absolute atomic E-state index is 0.195. The zero-order valence-electron chi connectivity index (χ0n) is 23.2. The molecule has 0 aliphatic carbocycles. The fraction of sp³-hybridized carbons (Fsp3) is 0.147. The summed E-state index contributed by atoms with van der Waals surface area (Å²) in [7, 11) is 0. The van der Waals surface area contributed by atoms with Crippen molar-refractivity contribution in [2.45, 2.75) is 30.3 Å². The molecule has 0 bridgehead atoms. The number of fused-ring (bicyclic) bond motifs is 1. The number of nitrogens with one attached hydrogen (secondary N) is 2. The molecule has 1 aliphatic heterocycles. The summed E-state index contributed by atoms with van der Waals surface area (Å²) in [4.78, 5) is 18.5. The summed E-state index contributed by atoms with van der Waals surface area (Å²) in [6, 6.07) is 37.4. The number of rotatable bonds is 10. The number of aromatic nitrogens is 3. The van der Waals surface area contributed by atoms with Gasteiger partial charge in [0.05, 0.1) is 12.2 Å². The molecule has 0 spiro atoms. The number of amides is 1. The Morgan fingerprint density at radius 3 is 2.21 bits per heavy atom. The van der Waals surface area contributed by atoms with Gasteiger partial charge in [-0.25, -0.2) is 4.68 Å². The van der Waals surface area contributed by atoms with Gasteiger partial charge >= 0.3 is 0 Å². The van der Waals surface area contributed by atoms with Crippen molar-refractivity contribution in [2.75, 3.05) is 17.2 Å². The van der Waals surface area contributed by atoms with Crippen LogP contribution in [0.1, 0.15) is 29.7 Å². The maximum atomic E-state index is 13.7. The van der Waals surface area contributed by atoms with E-state index < -0.39 is 6.04 Å². The van der Waals surface area contributed by atoms with E-state index in [9.17, 15) is 4.79 Å². The lowest BCUT2D eigenvalue weighted by atomic mass is 9.95. The van der Waals surface area contributed by atoms with Gasteiger partial charge in [-0.05, 0) is 47.9 Å². The van der Waals surface area contributed by atoms with E-state index in [4.69, 9.17) is 14.8 Å². The van der Waals surface area contributed by atoms with Crippen LogP contribution in [-0.4, -0.2) is 27.3 Å².